The van der Waals surface area contributed by atoms with Crippen LogP contribution in [0.4, 0.5) is 15.0 Å². The van der Waals surface area contributed by atoms with Gasteiger partial charge in [-0.15, -0.1) is 0 Å². The van der Waals surface area contributed by atoms with Crippen LogP contribution >= 0.6 is 0 Å². The van der Waals surface area contributed by atoms with Gasteiger partial charge in [0.2, 0.25) is 5.95 Å². The molecule has 0 aliphatic rings. The average molecular weight is 311 g/mol. The molecule has 0 aliphatic heterocycles. The number of nitrogens with two attached hydrogens (primary N) is 1. The van der Waals surface area contributed by atoms with Crippen molar-refractivity contribution < 1.29 is 9.18 Å². The number of pyridine rings is 1. The van der Waals surface area contributed by atoms with Gasteiger partial charge in [-0.3, -0.25) is 5.32 Å². The third kappa shape index (κ3) is 2.76. The molecule has 0 bridgehead atoms. The molecule has 3 rings (SSSR count). The van der Waals surface area contributed by atoms with E-state index >= 15 is 0 Å². The fourth-order valence-corrected chi connectivity index (χ4v) is 2.33. The van der Waals surface area contributed by atoms with E-state index in [1.807, 2.05) is 30.3 Å². The number of hydrogen-bond acceptors (Lipinski definition) is 3. The van der Waals surface area contributed by atoms with Crippen molar-refractivity contribution in [3.05, 3.63) is 60.2 Å². The lowest BCUT2D eigenvalue weighted by atomic mass is 10.1. The minimum absolute atomic E-state index is 0.257. The second-order valence-electron chi connectivity index (χ2n) is 4.90. The second-order valence-corrected chi connectivity index (χ2v) is 4.90. The van der Waals surface area contributed by atoms with E-state index in [9.17, 15) is 9.18 Å². The van der Waals surface area contributed by atoms with Gasteiger partial charge in [0.1, 0.15) is 11.5 Å². The lowest BCUT2D eigenvalue weighted by Crippen LogP contribution is -2.21. The zero-order chi connectivity index (χ0) is 16.4. The van der Waals surface area contributed by atoms with E-state index in [4.69, 9.17) is 5.73 Å². The molecule has 1 aromatic carbocycles. The monoisotopic (exact) mass is 311 g/mol. The van der Waals surface area contributed by atoms with Gasteiger partial charge in [-0.2, -0.15) is 9.49 Å². The first-order valence-corrected chi connectivity index (χ1v) is 6.90. The maximum atomic E-state index is 14.0. The van der Waals surface area contributed by atoms with E-state index in [1.54, 1.807) is 19.1 Å². The summed E-state index contributed by atoms with van der Waals surface area (Å²) in [5, 5.41) is 6.98. The first-order valence-electron chi connectivity index (χ1n) is 6.90. The smallest absolute Gasteiger partial charge is 0.317 e. The van der Waals surface area contributed by atoms with Crippen LogP contribution < -0.4 is 11.1 Å². The third-order valence-corrected chi connectivity index (χ3v) is 3.38. The molecule has 116 valence electrons. The standard InChI is InChI=1S/C16H14FN5O/c1-10-13(12-8-5-9-19-14(12)17)21-22(15(10)20-16(18)23)11-6-3-2-4-7-11/h2-9H,1H3,(H3,18,20,23). The number of halogens is 1. The second kappa shape index (κ2) is 5.88. The molecule has 0 saturated carbocycles. The van der Waals surface area contributed by atoms with E-state index in [0.29, 0.717) is 17.1 Å². The van der Waals surface area contributed by atoms with Crippen LogP contribution in [0.1, 0.15) is 5.56 Å². The van der Waals surface area contributed by atoms with Gasteiger partial charge in [-0.1, -0.05) is 18.2 Å². The van der Waals surface area contributed by atoms with Gasteiger partial charge in [-0.05, 0) is 31.2 Å². The number of nitrogens with zero attached hydrogens (tertiary/aromatic N) is 3. The number of nitrogens with one attached hydrogen (secondary N) is 1. The minimum Gasteiger partial charge on any atom is -0.351 e. The zero-order valence-electron chi connectivity index (χ0n) is 12.3. The quantitative estimate of drug-likeness (QED) is 0.729. The van der Waals surface area contributed by atoms with Crippen molar-refractivity contribution in [3.63, 3.8) is 0 Å². The summed E-state index contributed by atoms with van der Waals surface area (Å²) in [5.74, 6) is -0.235. The number of carbonyl (C=O) groups is 1. The van der Waals surface area contributed by atoms with Crippen LogP contribution in [0.3, 0.4) is 0 Å². The molecule has 0 aliphatic carbocycles. The number of para-hydroxylation sites is 1. The number of anilines is 1. The summed E-state index contributed by atoms with van der Waals surface area (Å²) in [5.41, 5.74) is 7.20. The fraction of sp³-hybridized carbons (Fsp3) is 0.0625. The molecule has 2 aromatic heterocycles. The van der Waals surface area contributed by atoms with E-state index in [2.05, 4.69) is 15.4 Å². The fourth-order valence-electron chi connectivity index (χ4n) is 2.33. The molecule has 2 heterocycles. The highest BCUT2D eigenvalue weighted by atomic mass is 19.1. The molecule has 0 unspecified atom stereocenters. The molecule has 0 atom stereocenters. The maximum absolute atomic E-state index is 14.0. The van der Waals surface area contributed by atoms with Crippen molar-refractivity contribution in [2.24, 2.45) is 5.73 Å². The Hall–Kier alpha value is -3.22. The van der Waals surface area contributed by atoms with Crippen LogP contribution in [0.2, 0.25) is 0 Å². The van der Waals surface area contributed by atoms with Crippen LogP contribution in [0, 0.1) is 12.9 Å². The number of benzene rings is 1. The Labute approximate surface area is 131 Å². The van der Waals surface area contributed by atoms with Gasteiger partial charge in [0, 0.05) is 11.8 Å². The molecule has 3 N–H and O–H groups in total. The molecule has 0 fully saturated rings. The van der Waals surface area contributed by atoms with Crippen molar-refractivity contribution in [3.8, 4) is 16.9 Å². The maximum Gasteiger partial charge on any atom is 0.317 e. The lowest BCUT2D eigenvalue weighted by molar-refractivity contribution is 0.259. The topological polar surface area (TPSA) is 85.8 Å². The minimum atomic E-state index is -0.719. The first kappa shape index (κ1) is 14.7. The van der Waals surface area contributed by atoms with Gasteiger partial charge >= 0.3 is 6.03 Å². The number of urea groups is 1. The van der Waals surface area contributed by atoms with Crippen molar-refractivity contribution in [2.75, 3.05) is 5.32 Å². The van der Waals surface area contributed by atoms with Gasteiger partial charge in [0.15, 0.2) is 0 Å². The van der Waals surface area contributed by atoms with Crippen molar-refractivity contribution >= 4 is 11.8 Å². The number of rotatable bonds is 3. The van der Waals surface area contributed by atoms with Gasteiger partial charge < -0.3 is 5.73 Å². The van der Waals surface area contributed by atoms with Crippen LogP contribution in [0.5, 0.6) is 0 Å². The molecule has 2 amide bonds. The summed E-state index contributed by atoms with van der Waals surface area (Å²) < 4.78 is 15.5. The summed E-state index contributed by atoms with van der Waals surface area (Å²) in [6.07, 6.45) is 1.37. The highest BCUT2D eigenvalue weighted by molar-refractivity contribution is 5.89. The summed E-state index contributed by atoms with van der Waals surface area (Å²) in [7, 11) is 0. The largest absolute Gasteiger partial charge is 0.351 e. The average Bonchev–Trinajstić information content (AvgIpc) is 2.85. The summed E-state index contributed by atoms with van der Waals surface area (Å²) in [4.78, 5) is 14.9. The Morgan fingerprint density at radius 2 is 1.96 bits per heavy atom. The Morgan fingerprint density at radius 3 is 2.61 bits per heavy atom. The predicted octanol–water partition coefficient (Wildman–Crippen LogP) is 2.87. The lowest BCUT2D eigenvalue weighted by Gasteiger charge is -2.07. The zero-order valence-corrected chi connectivity index (χ0v) is 12.3. The molecule has 3 aromatic rings. The van der Waals surface area contributed by atoms with Crippen molar-refractivity contribution in [1.29, 1.82) is 0 Å². The normalized spacial score (nSPS) is 10.5. The molecular weight excluding hydrogens is 297 g/mol. The van der Waals surface area contributed by atoms with Crippen LogP contribution in [-0.4, -0.2) is 20.8 Å². The number of carbonyl (C=O) groups excluding carboxylic acids is 1. The van der Waals surface area contributed by atoms with E-state index < -0.39 is 12.0 Å². The Morgan fingerprint density at radius 1 is 1.22 bits per heavy atom. The van der Waals surface area contributed by atoms with E-state index in [-0.39, 0.29) is 5.56 Å². The van der Waals surface area contributed by atoms with Crippen LogP contribution in [-0.2, 0) is 0 Å². The van der Waals surface area contributed by atoms with E-state index in [0.717, 1.165) is 5.69 Å². The van der Waals surface area contributed by atoms with Gasteiger partial charge in [0.05, 0.1) is 11.3 Å². The first-order chi connectivity index (χ1) is 11.1. The van der Waals surface area contributed by atoms with E-state index in [1.165, 1.54) is 10.9 Å². The van der Waals surface area contributed by atoms with Crippen LogP contribution in [0.25, 0.3) is 16.9 Å². The van der Waals surface area contributed by atoms with Gasteiger partial charge in [0.25, 0.3) is 0 Å². The summed E-state index contributed by atoms with van der Waals surface area (Å²) in [6, 6.07) is 11.7. The Bertz CT molecular complexity index is 860. The molecule has 0 radical (unpaired) electrons. The number of primary amides is 1. The van der Waals surface area contributed by atoms with Gasteiger partial charge in [-0.25, -0.2) is 14.5 Å². The molecular formula is C16H14FN5O. The molecule has 0 spiro atoms. The van der Waals surface area contributed by atoms with Crippen molar-refractivity contribution in [1.82, 2.24) is 14.8 Å². The number of aromatic nitrogens is 3. The molecule has 23 heavy (non-hydrogen) atoms. The summed E-state index contributed by atoms with van der Waals surface area (Å²) in [6.45, 7) is 1.74. The Balaban J connectivity index is 2.22. The summed E-state index contributed by atoms with van der Waals surface area (Å²) >= 11 is 0. The number of amides is 2. The van der Waals surface area contributed by atoms with Crippen molar-refractivity contribution in [2.45, 2.75) is 6.92 Å². The third-order valence-electron chi connectivity index (χ3n) is 3.38. The highest BCUT2D eigenvalue weighted by Gasteiger charge is 2.20. The Kier molecular flexibility index (Phi) is 3.76. The van der Waals surface area contributed by atoms with Crippen LogP contribution in [0.15, 0.2) is 48.7 Å². The number of hydrogen-bond donors (Lipinski definition) is 2. The molecule has 7 heteroatoms. The molecule has 6 nitrogen and oxygen atoms in total. The SMILES string of the molecule is Cc1c(-c2cccnc2F)nn(-c2ccccc2)c1NC(N)=O. The predicted molar refractivity (Wildman–Crippen MR) is 84.7 cm³/mol. The molecule has 0 saturated heterocycles. The highest BCUT2D eigenvalue weighted by Crippen LogP contribution is 2.31.